The highest BCUT2D eigenvalue weighted by Crippen LogP contribution is 2.44. The van der Waals surface area contributed by atoms with Gasteiger partial charge in [-0.15, -0.1) is 0 Å². The number of nitrogens with zero attached hydrogens (tertiary/aromatic N) is 3. The van der Waals surface area contributed by atoms with Crippen LogP contribution in [0.15, 0.2) is 16.7 Å². The Balaban J connectivity index is 1.50. The molecule has 2 saturated heterocycles. The van der Waals surface area contributed by atoms with Crippen LogP contribution in [0.5, 0.6) is 0 Å². The molecule has 7 heteroatoms. The van der Waals surface area contributed by atoms with Crippen molar-refractivity contribution in [2.24, 2.45) is 5.41 Å². The molecule has 1 spiro atoms. The van der Waals surface area contributed by atoms with Crippen LogP contribution in [0.3, 0.4) is 0 Å². The van der Waals surface area contributed by atoms with E-state index in [2.05, 4.69) is 30.7 Å². The van der Waals surface area contributed by atoms with E-state index in [1.165, 1.54) is 12.3 Å². The molecule has 26 heavy (non-hydrogen) atoms. The fraction of sp³-hybridized carbons (Fsp3) is 0.684. The van der Waals surface area contributed by atoms with Crippen molar-refractivity contribution in [3.05, 3.63) is 22.6 Å². The number of pyridine rings is 1. The minimum absolute atomic E-state index is 0.204. The lowest BCUT2D eigenvalue weighted by atomic mass is 9.78. The summed E-state index contributed by atoms with van der Waals surface area (Å²) in [6.45, 7) is 2.29. The van der Waals surface area contributed by atoms with Crippen LogP contribution in [-0.4, -0.2) is 52.7 Å². The molecule has 1 N–H and O–H groups in total. The average Bonchev–Trinajstić information content (AvgIpc) is 2.92. The first kappa shape index (κ1) is 18.2. The fourth-order valence-electron chi connectivity index (χ4n) is 4.90. The maximum Gasteiger partial charge on any atom is 0.230 e. The Morgan fingerprint density at radius 3 is 2.73 bits per heavy atom. The van der Waals surface area contributed by atoms with Gasteiger partial charge in [0.05, 0.1) is 22.2 Å². The van der Waals surface area contributed by atoms with Gasteiger partial charge in [0.2, 0.25) is 5.91 Å². The highest BCUT2D eigenvalue weighted by atomic mass is 79.9. The fourth-order valence-corrected chi connectivity index (χ4v) is 5.47. The molecule has 0 radical (unpaired) electrons. The molecule has 4 rings (SSSR count). The summed E-state index contributed by atoms with van der Waals surface area (Å²) in [4.78, 5) is 21.8. The molecule has 3 aliphatic rings. The lowest BCUT2D eigenvalue weighted by Crippen LogP contribution is -2.50. The Kier molecular flexibility index (Phi) is 4.94. The predicted octanol–water partition coefficient (Wildman–Crippen LogP) is 3.11. The summed E-state index contributed by atoms with van der Waals surface area (Å²) >= 11 is 3.41. The van der Waals surface area contributed by atoms with Gasteiger partial charge in [0.15, 0.2) is 0 Å². The van der Waals surface area contributed by atoms with E-state index in [1.54, 1.807) is 0 Å². The lowest BCUT2D eigenvalue weighted by Gasteiger charge is -2.41. The molecule has 2 aliphatic heterocycles. The van der Waals surface area contributed by atoms with Crippen LogP contribution < -0.4 is 4.90 Å². The quantitative estimate of drug-likeness (QED) is 0.790. The zero-order valence-electron chi connectivity index (χ0n) is 14.8. The van der Waals surface area contributed by atoms with Crippen molar-refractivity contribution in [3.8, 4) is 0 Å². The van der Waals surface area contributed by atoms with Crippen molar-refractivity contribution in [3.63, 3.8) is 0 Å². The van der Waals surface area contributed by atoms with E-state index in [0.717, 1.165) is 63.9 Å². The van der Waals surface area contributed by atoms with Gasteiger partial charge in [-0.3, -0.25) is 4.79 Å². The molecule has 3 fully saturated rings. The number of halogens is 2. The molecule has 1 saturated carbocycles. The molecule has 1 atom stereocenters. The molecule has 1 aromatic rings. The van der Waals surface area contributed by atoms with Crippen LogP contribution in [0, 0.1) is 11.2 Å². The Morgan fingerprint density at radius 1 is 1.23 bits per heavy atom. The number of aliphatic hydroxyl groups excluding tert-OH is 1. The van der Waals surface area contributed by atoms with Crippen molar-refractivity contribution in [2.45, 2.75) is 57.1 Å². The number of hydrogen-bond donors (Lipinski definition) is 1. The molecular formula is C19H25BrFN3O2. The van der Waals surface area contributed by atoms with Crippen LogP contribution in [0.2, 0.25) is 0 Å². The summed E-state index contributed by atoms with van der Waals surface area (Å²) in [5.74, 6) is 0.620. The van der Waals surface area contributed by atoms with Gasteiger partial charge in [0, 0.05) is 25.7 Å². The van der Waals surface area contributed by atoms with Gasteiger partial charge in [-0.1, -0.05) is 0 Å². The van der Waals surface area contributed by atoms with Crippen molar-refractivity contribution in [1.82, 2.24) is 9.88 Å². The monoisotopic (exact) mass is 425 g/mol. The van der Waals surface area contributed by atoms with Crippen LogP contribution in [-0.2, 0) is 4.79 Å². The molecule has 1 unspecified atom stereocenters. The van der Waals surface area contributed by atoms with E-state index in [9.17, 15) is 14.3 Å². The summed E-state index contributed by atoms with van der Waals surface area (Å²) in [6, 6.07) is 1.70. The number of carbonyl (C=O) groups excluding carboxylic acids is 1. The van der Waals surface area contributed by atoms with Crippen molar-refractivity contribution in [2.75, 3.05) is 24.5 Å². The molecule has 1 aliphatic carbocycles. The van der Waals surface area contributed by atoms with E-state index >= 15 is 0 Å². The van der Waals surface area contributed by atoms with Crippen molar-refractivity contribution >= 4 is 27.7 Å². The molecular weight excluding hydrogens is 401 g/mol. The number of hydrogen-bond acceptors (Lipinski definition) is 4. The van der Waals surface area contributed by atoms with Gasteiger partial charge in [-0.2, -0.15) is 0 Å². The van der Waals surface area contributed by atoms with E-state index in [1.807, 2.05) is 0 Å². The Labute approximate surface area is 161 Å². The zero-order valence-corrected chi connectivity index (χ0v) is 16.4. The van der Waals surface area contributed by atoms with Gasteiger partial charge in [-0.05, 0) is 66.9 Å². The Hall–Kier alpha value is -1.21. The van der Waals surface area contributed by atoms with Crippen LogP contribution in [0.4, 0.5) is 10.2 Å². The van der Waals surface area contributed by atoms with Crippen molar-refractivity contribution < 1.29 is 14.3 Å². The predicted molar refractivity (Wildman–Crippen MR) is 100 cm³/mol. The normalized spacial score (nSPS) is 32.5. The van der Waals surface area contributed by atoms with Gasteiger partial charge in [-0.25, -0.2) is 9.37 Å². The molecule has 1 amide bonds. The van der Waals surface area contributed by atoms with Crippen LogP contribution in [0.1, 0.15) is 44.9 Å². The second kappa shape index (κ2) is 7.08. The lowest BCUT2D eigenvalue weighted by molar-refractivity contribution is -0.139. The summed E-state index contributed by atoms with van der Waals surface area (Å²) < 4.78 is 14.0. The summed E-state index contributed by atoms with van der Waals surface area (Å²) in [6.07, 6.45) is 7.14. The maximum atomic E-state index is 13.4. The average molecular weight is 426 g/mol. The number of likely N-dealkylation sites (tertiary alicyclic amines) is 1. The first-order valence-electron chi connectivity index (χ1n) is 9.54. The first-order valence-corrected chi connectivity index (χ1v) is 10.3. The first-order chi connectivity index (χ1) is 12.5. The third kappa shape index (κ3) is 3.24. The minimum atomic E-state index is -0.366. The van der Waals surface area contributed by atoms with E-state index in [0.29, 0.717) is 11.0 Å². The number of rotatable bonds is 2. The van der Waals surface area contributed by atoms with E-state index in [-0.39, 0.29) is 29.3 Å². The summed E-state index contributed by atoms with van der Waals surface area (Å²) in [7, 11) is 0. The third-order valence-electron chi connectivity index (χ3n) is 6.32. The number of anilines is 1. The minimum Gasteiger partial charge on any atom is -0.393 e. The summed E-state index contributed by atoms with van der Waals surface area (Å²) in [5.41, 5.74) is -0.343. The van der Waals surface area contributed by atoms with Gasteiger partial charge >= 0.3 is 0 Å². The Bertz CT molecular complexity index is 695. The molecule has 3 heterocycles. The SMILES string of the molecule is O=C1N([C@H]2CC[C@@H](O)CC2)CCC12CCCN(c1ncc(F)cc1Br)C2. The van der Waals surface area contributed by atoms with E-state index in [4.69, 9.17) is 0 Å². The molecule has 5 nitrogen and oxygen atoms in total. The number of aromatic nitrogens is 1. The third-order valence-corrected chi connectivity index (χ3v) is 6.90. The number of piperidine rings is 1. The zero-order chi connectivity index (χ0) is 18.3. The Morgan fingerprint density at radius 2 is 2.00 bits per heavy atom. The smallest absolute Gasteiger partial charge is 0.230 e. The maximum absolute atomic E-state index is 13.4. The number of aliphatic hydroxyl groups is 1. The van der Waals surface area contributed by atoms with Crippen LogP contribution >= 0.6 is 15.9 Å². The summed E-state index contributed by atoms with van der Waals surface area (Å²) in [5, 5.41) is 9.74. The van der Waals surface area contributed by atoms with Gasteiger partial charge in [0.25, 0.3) is 0 Å². The molecule has 1 aromatic heterocycles. The van der Waals surface area contributed by atoms with E-state index < -0.39 is 0 Å². The number of amides is 1. The van der Waals surface area contributed by atoms with Crippen molar-refractivity contribution in [1.29, 1.82) is 0 Å². The largest absolute Gasteiger partial charge is 0.393 e. The molecule has 142 valence electrons. The topological polar surface area (TPSA) is 56.7 Å². The standard InChI is InChI=1S/C19H25BrFN3O2/c20-16-10-13(21)11-22-17(16)23-8-1-6-19(12-23)7-9-24(18(19)26)14-2-4-15(25)5-3-14/h10-11,14-15,25H,1-9,12H2/t14-,15+,19?. The second-order valence-corrected chi connectivity index (χ2v) is 8.83. The highest BCUT2D eigenvalue weighted by Gasteiger charge is 2.50. The van der Waals surface area contributed by atoms with Crippen LogP contribution in [0.25, 0.3) is 0 Å². The van der Waals surface area contributed by atoms with Gasteiger partial charge < -0.3 is 14.9 Å². The van der Waals surface area contributed by atoms with Gasteiger partial charge in [0.1, 0.15) is 11.6 Å². The molecule has 0 bridgehead atoms. The molecule has 0 aromatic carbocycles. The highest BCUT2D eigenvalue weighted by molar-refractivity contribution is 9.10. The second-order valence-electron chi connectivity index (χ2n) is 7.98. The number of carbonyl (C=O) groups is 1.